The lowest BCUT2D eigenvalue weighted by Crippen LogP contribution is -2.48. The number of likely N-dealkylation sites (N-methyl/N-ethyl adjacent to an activating group) is 1. The molecule has 1 fully saturated rings. The molecule has 2 heterocycles. The molecule has 4 rings (SSSR count). The summed E-state index contributed by atoms with van der Waals surface area (Å²) in [5.41, 5.74) is 1.63. The minimum Gasteiger partial charge on any atom is -0.449 e. The molecular weight excluding hydrogens is 428 g/mol. The van der Waals surface area contributed by atoms with Crippen LogP contribution in [-0.4, -0.2) is 67.4 Å². The van der Waals surface area contributed by atoms with Gasteiger partial charge in [-0.15, -0.1) is 0 Å². The van der Waals surface area contributed by atoms with E-state index in [2.05, 4.69) is 27.4 Å². The molecule has 0 aromatic heterocycles. The molecule has 168 valence electrons. The van der Waals surface area contributed by atoms with Gasteiger partial charge in [-0.25, -0.2) is 0 Å². The maximum atomic E-state index is 12.6. The second-order valence-corrected chi connectivity index (χ2v) is 8.24. The Bertz CT molecular complexity index is 1030. The number of ether oxygens (including phenoxy) is 1. The van der Waals surface area contributed by atoms with Gasteiger partial charge in [0.05, 0.1) is 5.69 Å². The Morgan fingerprint density at radius 3 is 2.66 bits per heavy atom. The summed E-state index contributed by atoms with van der Waals surface area (Å²) in [5, 5.41) is 6.29. The van der Waals surface area contributed by atoms with Crippen LogP contribution in [0.15, 0.2) is 48.2 Å². The van der Waals surface area contributed by atoms with Crippen molar-refractivity contribution >= 4 is 35.2 Å². The van der Waals surface area contributed by atoms with Gasteiger partial charge in [-0.05, 0) is 42.4 Å². The standard InChI is InChI=1S/C24H27ClN4O3/c1-2-28-11-13-29(14-12-28)10-9-26-23(30)18-7-8-21-20(15-18)27-24(31)22(32-21)16-17-5-3-4-6-19(17)25/h3-8,15-16H,2,9-14H2,1H3,(H,26,30)(H,27,31). The van der Waals surface area contributed by atoms with Gasteiger partial charge < -0.3 is 20.3 Å². The van der Waals surface area contributed by atoms with E-state index in [0.717, 1.165) is 39.3 Å². The summed E-state index contributed by atoms with van der Waals surface area (Å²) in [6.45, 7) is 8.86. The Hall–Kier alpha value is -2.87. The van der Waals surface area contributed by atoms with Gasteiger partial charge in [0, 0.05) is 49.9 Å². The molecule has 0 aliphatic carbocycles. The fourth-order valence-corrected chi connectivity index (χ4v) is 3.98. The third-order valence-corrected chi connectivity index (χ3v) is 6.10. The van der Waals surface area contributed by atoms with Gasteiger partial charge in [-0.3, -0.25) is 14.5 Å². The van der Waals surface area contributed by atoms with Crippen LogP contribution in [0.3, 0.4) is 0 Å². The maximum absolute atomic E-state index is 12.6. The van der Waals surface area contributed by atoms with Crippen LogP contribution in [0.2, 0.25) is 5.02 Å². The molecule has 8 heteroatoms. The van der Waals surface area contributed by atoms with Gasteiger partial charge in [0.1, 0.15) is 0 Å². The SMILES string of the molecule is CCN1CCN(CCNC(=O)c2ccc3c(c2)NC(=O)C(=Cc2ccccc2Cl)O3)CC1. The topological polar surface area (TPSA) is 73.9 Å². The van der Waals surface area contributed by atoms with Gasteiger partial charge >= 0.3 is 0 Å². The van der Waals surface area contributed by atoms with Crippen LogP contribution >= 0.6 is 11.6 Å². The molecule has 0 unspecified atom stereocenters. The summed E-state index contributed by atoms with van der Waals surface area (Å²) < 4.78 is 5.76. The first-order valence-electron chi connectivity index (χ1n) is 10.9. The van der Waals surface area contributed by atoms with Crippen molar-refractivity contribution in [2.45, 2.75) is 6.92 Å². The predicted molar refractivity (Wildman–Crippen MR) is 126 cm³/mol. The van der Waals surface area contributed by atoms with Gasteiger partial charge in [0.2, 0.25) is 0 Å². The molecule has 2 amide bonds. The van der Waals surface area contributed by atoms with E-state index in [9.17, 15) is 9.59 Å². The van der Waals surface area contributed by atoms with Gasteiger partial charge in [-0.2, -0.15) is 0 Å². The van der Waals surface area contributed by atoms with E-state index in [1.807, 2.05) is 12.1 Å². The lowest BCUT2D eigenvalue weighted by Gasteiger charge is -2.33. The van der Waals surface area contributed by atoms with E-state index in [-0.39, 0.29) is 17.6 Å². The van der Waals surface area contributed by atoms with Crippen LogP contribution in [0, 0.1) is 0 Å². The fraction of sp³-hybridized carbons (Fsp3) is 0.333. The predicted octanol–water partition coefficient (Wildman–Crippen LogP) is 3.08. The highest BCUT2D eigenvalue weighted by Crippen LogP contribution is 2.33. The van der Waals surface area contributed by atoms with E-state index in [0.29, 0.717) is 34.1 Å². The minimum atomic E-state index is -0.388. The summed E-state index contributed by atoms with van der Waals surface area (Å²) in [5.74, 6) is 0.0621. The molecule has 0 saturated carbocycles. The number of amides is 2. The average Bonchev–Trinajstić information content (AvgIpc) is 2.81. The summed E-state index contributed by atoms with van der Waals surface area (Å²) >= 11 is 6.17. The Labute approximate surface area is 193 Å². The largest absolute Gasteiger partial charge is 0.449 e. The molecule has 1 saturated heterocycles. The van der Waals surface area contributed by atoms with Crippen molar-refractivity contribution in [1.29, 1.82) is 0 Å². The number of fused-ring (bicyclic) bond motifs is 1. The molecule has 2 aromatic rings. The first-order chi connectivity index (χ1) is 15.5. The van der Waals surface area contributed by atoms with E-state index >= 15 is 0 Å². The third-order valence-electron chi connectivity index (χ3n) is 5.75. The summed E-state index contributed by atoms with van der Waals surface area (Å²) in [4.78, 5) is 29.9. The lowest BCUT2D eigenvalue weighted by molar-refractivity contribution is -0.115. The number of hydrogen-bond donors (Lipinski definition) is 2. The van der Waals surface area contributed by atoms with Crippen LogP contribution in [0.5, 0.6) is 5.75 Å². The lowest BCUT2D eigenvalue weighted by atomic mass is 10.1. The number of piperazine rings is 1. The van der Waals surface area contributed by atoms with Crippen LogP contribution in [0.25, 0.3) is 6.08 Å². The van der Waals surface area contributed by atoms with Crippen molar-refractivity contribution in [3.63, 3.8) is 0 Å². The highest BCUT2D eigenvalue weighted by Gasteiger charge is 2.23. The van der Waals surface area contributed by atoms with Crippen LogP contribution < -0.4 is 15.4 Å². The zero-order valence-electron chi connectivity index (χ0n) is 18.1. The molecule has 2 N–H and O–H groups in total. The average molecular weight is 455 g/mol. The van der Waals surface area contributed by atoms with Gasteiger partial charge in [0.25, 0.3) is 11.8 Å². The molecule has 2 aromatic carbocycles. The van der Waals surface area contributed by atoms with Crippen molar-refractivity contribution < 1.29 is 14.3 Å². The van der Waals surface area contributed by atoms with E-state index in [1.165, 1.54) is 0 Å². The number of nitrogens with one attached hydrogen (secondary N) is 2. The van der Waals surface area contributed by atoms with Crippen LogP contribution in [-0.2, 0) is 4.79 Å². The van der Waals surface area contributed by atoms with Crippen LogP contribution in [0.4, 0.5) is 5.69 Å². The maximum Gasteiger partial charge on any atom is 0.291 e. The summed E-state index contributed by atoms with van der Waals surface area (Å²) in [6, 6.07) is 12.2. The van der Waals surface area contributed by atoms with Crippen molar-refractivity contribution in [1.82, 2.24) is 15.1 Å². The molecular formula is C24H27ClN4O3. The number of nitrogens with zero attached hydrogens (tertiary/aromatic N) is 2. The Balaban J connectivity index is 1.35. The highest BCUT2D eigenvalue weighted by atomic mass is 35.5. The molecule has 0 spiro atoms. The minimum absolute atomic E-state index is 0.144. The Morgan fingerprint density at radius 1 is 1.16 bits per heavy atom. The number of carbonyl (C=O) groups is 2. The fourth-order valence-electron chi connectivity index (χ4n) is 3.79. The Kier molecular flexibility index (Phi) is 7.09. The van der Waals surface area contributed by atoms with Crippen molar-refractivity contribution in [3.8, 4) is 5.75 Å². The van der Waals surface area contributed by atoms with Crippen molar-refractivity contribution in [2.24, 2.45) is 0 Å². The molecule has 2 aliphatic heterocycles. The quantitative estimate of drug-likeness (QED) is 0.656. The third kappa shape index (κ3) is 5.30. The summed E-state index contributed by atoms with van der Waals surface area (Å²) in [7, 11) is 0. The van der Waals surface area contributed by atoms with Crippen molar-refractivity contribution in [3.05, 3.63) is 64.4 Å². The molecule has 0 bridgehead atoms. The monoisotopic (exact) mass is 454 g/mol. The zero-order valence-corrected chi connectivity index (χ0v) is 18.8. The molecule has 32 heavy (non-hydrogen) atoms. The van der Waals surface area contributed by atoms with Gasteiger partial charge in [0.15, 0.2) is 11.5 Å². The zero-order chi connectivity index (χ0) is 22.5. The number of carbonyl (C=O) groups excluding carboxylic acids is 2. The second-order valence-electron chi connectivity index (χ2n) is 7.83. The first-order valence-corrected chi connectivity index (χ1v) is 11.2. The smallest absolute Gasteiger partial charge is 0.291 e. The normalized spacial score (nSPS) is 18.1. The number of rotatable bonds is 6. The van der Waals surface area contributed by atoms with Crippen LogP contribution in [0.1, 0.15) is 22.8 Å². The molecule has 0 radical (unpaired) electrons. The number of benzene rings is 2. The number of hydrogen-bond acceptors (Lipinski definition) is 5. The first kappa shape index (κ1) is 22.3. The molecule has 2 aliphatic rings. The van der Waals surface area contributed by atoms with E-state index in [4.69, 9.17) is 16.3 Å². The van der Waals surface area contributed by atoms with Crippen molar-refractivity contribution in [2.75, 3.05) is 51.1 Å². The highest BCUT2D eigenvalue weighted by molar-refractivity contribution is 6.32. The summed E-state index contributed by atoms with van der Waals surface area (Å²) in [6.07, 6.45) is 1.60. The second kappa shape index (κ2) is 10.2. The van der Waals surface area contributed by atoms with Gasteiger partial charge in [-0.1, -0.05) is 36.7 Å². The Morgan fingerprint density at radius 2 is 1.91 bits per heavy atom. The molecule has 7 nitrogen and oxygen atoms in total. The number of anilines is 1. The number of halogens is 1. The molecule has 0 atom stereocenters. The van der Waals surface area contributed by atoms with E-state index in [1.54, 1.807) is 36.4 Å². The van der Waals surface area contributed by atoms with E-state index < -0.39 is 0 Å².